The quantitative estimate of drug-likeness (QED) is 0.663. The van der Waals surface area contributed by atoms with Crippen molar-refractivity contribution < 1.29 is 14.6 Å². The molecule has 0 heterocycles. The Hall–Kier alpha value is -0.560. The van der Waals surface area contributed by atoms with Crippen LogP contribution in [0.4, 0.5) is 0 Å². The first-order valence-electron chi connectivity index (χ1n) is 6.03. The van der Waals surface area contributed by atoms with Crippen molar-refractivity contribution in [3.63, 3.8) is 0 Å². The molecule has 2 aromatic carbocycles. The van der Waals surface area contributed by atoms with Gasteiger partial charge in [-0.15, -0.1) is 0 Å². The topological polar surface area (TPSA) is 38.7 Å². The van der Waals surface area contributed by atoms with Crippen LogP contribution in [0.25, 0.3) is 0 Å². The van der Waals surface area contributed by atoms with Crippen LogP contribution in [-0.2, 0) is 0 Å². The lowest BCUT2D eigenvalue weighted by Gasteiger charge is -2.18. The van der Waals surface area contributed by atoms with E-state index >= 15 is 0 Å². The van der Waals surface area contributed by atoms with Crippen LogP contribution < -0.4 is 9.47 Å². The Morgan fingerprint density at radius 1 is 0.952 bits per heavy atom. The van der Waals surface area contributed by atoms with E-state index in [0.29, 0.717) is 21.5 Å². The summed E-state index contributed by atoms with van der Waals surface area (Å²) < 4.78 is 13.1. The molecule has 21 heavy (non-hydrogen) atoms. The highest BCUT2D eigenvalue weighted by Crippen LogP contribution is 2.41. The summed E-state index contributed by atoms with van der Waals surface area (Å²) in [5.41, 5.74) is 1.43. The zero-order valence-electron chi connectivity index (χ0n) is 11.4. The van der Waals surface area contributed by atoms with Crippen LogP contribution in [0.15, 0.2) is 43.7 Å². The molecule has 0 radical (unpaired) electrons. The van der Waals surface area contributed by atoms with Gasteiger partial charge in [-0.25, -0.2) is 0 Å². The second-order valence-corrected chi connectivity index (χ2v) is 6.78. The summed E-state index contributed by atoms with van der Waals surface area (Å²) in [5.74, 6) is 1.21. The second kappa shape index (κ2) is 7.13. The molecule has 112 valence electrons. The summed E-state index contributed by atoms with van der Waals surface area (Å²) in [7, 11) is 3.15. The van der Waals surface area contributed by atoms with Crippen LogP contribution in [0.3, 0.4) is 0 Å². The molecular weight excluding hydrogens is 468 g/mol. The van der Waals surface area contributed by atoms with Crippen LogP contribution in [0, 0.1) is 0 Å². The Balaban J connectivity index is 2.50. The Morgan fingerprint density at radius 3 is 2.24 bits per heavy atom. The van der Waals surface area contributed by atoms with Crippen molar-refractivity contribution in [1.29, 1.82) is 0 Å². The molecule has 0 spiro atoms. The number of ether oxygens (including phenoxy) is 2. The molecule has 2 aromatic rings. The predicted octanol–water partition coefficient (Wildman–Crippen LogP) is 5.07. The Morgan fingerprint density at radius 2 is 1.67 bits per heavy atom. The molecule has 0 saturated heterocycles. The number of hydrogen-bond acceptors (Lipinski definition) is 3. The Kier molecular flexibility index (Phi) is 5.71. The lowest BCUT2D eigenvalue weighted by Crippen LogP contribution is -2.04. The minimum Gasteiger partial charge on any atom is -0.495 e. The van der Waals surface area contributed by atoms with Gasteiger partial charge in [-0.3, -0.25) is 0 Å². The van der Waals surface area contributed by atoms with Crippen molar-refractivity contribution in [3.05, 3.63) is 54.9 Å². The van der Waals surface area contributed by atoms with Crippen molar-refractivity contribution in [1.82, 2.24) is 0 Å². The number of benzene rings is 2. The highest BCUT2D eigenvalue weighted by atomic mass is 79.9. The van der Waals surface area contributed by atoms with Gasteiger partial charge in [0.1, 0.15) is 22.1 Å². The average Bonchev–Trinajstić information content (AvgIpc) is 2.49. The summed E-state index contributed by atoms with van der Waals surface area (Å²) >= 11 is 10.3. The highest BCUT2D eigenvalue weighted by Gasteiger charge is 2.20. The second-order valence-electron chi connectivity index (χ2n) is 4.28. The minimum atomic E-state index is -0.799. The van der Waals surface area contributed by atoms with Crippen molar-refractivity contribution in [2.75, 3.05) is 14.2 Å². The van der Waals surface area contributed by atoms with E-state index in [-0.39, 0.29) is 0 Å². The molecule has 0 saturated carbocycles. The van der Waals surface area contributed by atoms with E-state index in [2.05, 4.69) is 47.8 Å². The number of aliphatic hydroxyl groups is 1. The van der Waals surface area contributed by atoms with Crippen LogP contribution in [-0.4, -0.2) is 19.3 Å². The van der Waals surface area contributed by atoms with Gasteiger partial charge in [-0.2, -0.15) is 0 Å². The number of aliphatic hydroxyl groups excluding tert-OH is 1. The van der Waals surface area contributed by atoms with E-state index in [9.17, 15) is 5.11 Å². The van der Waals surface area contributed by atoms with E-state index in [0.717, 1.165) is 14.5 Å². The average molecular weight is 481 g/mol. The van der Waals surface area contributed by atoms with E-state index in [1.165, 1.54) is 0 Å². The summed E-state index contributed by atoms with van der Waals surface area (Å²) in [6.07, 6.45) is -0.799. The van der Waals surface area contributed by atoms with Gasteiger partial charge in [0.15, 0.2) is 0 Å². The van der Waals surface area contributed by atoms with Gasteiger partial charge < -0.3 is 14.6 Å². The summed E-state index contributed by atoms with van der Waals surface area (Å²) in [4.78, 5) is 0. The van der Waals surface area contributed by atoms with E-state index in [1.807, 2.05) is 18.2 Å². The monoisotopic (exact) mass is 478 g/mol. The predicted molar refractivity (Wildman–Crippen MR) is 93.1 cm³/mol. The molecule has 0 aliphatic heterocycles. The first-order valence-corrected chi connectivity index (χ1v) is 8.40. The summed E-state index contributed by atoms with van der Waals surface area (Å²) in [6.45, 7) is 0. The number of rotatable bonds is 4. The van der Waals surface area contributed by atoms with E-state index < -0.39 is 6.10 Å². The van der Waals surface area contributed by atoms with Crippen LogP contribution in [0.2, 0.25) is 0 Å². The first kappa shape index (κ1) is 16.8. The zero-order valence-corrected chi connectivity index (χ0v) is 16.1. The summed E-state index contributed by atoms with van der Waals surface area (Å²) in [5, 5.41) is 10.6. The molecule has 0 fully saturated rings. The van der Waals surface area contributed by atoms with Crippen molar-refractivity contribution in [2.45, 2.75) is 6.10 Å². The molecule has 3 nitrogen and oxygen atoms in total. The SMILES string of the molecule is COc1ccc(C(O)c2ccc(Br)c(Br)c2)c(OC)c1Br. The fourth-order valence-corrected chi connectivity index (χ4v) is 3.32. The van der Waals surface area contributed by atoms with Gasteiger partial charge in [0.25, 0.3) is 0 Å². The van der Waals surface area contributed by atoms with Crippen LogP contribution in [0.5, 0.6) is 11.5 Å². The van der Waals surface area contributed by atoms with Crippen LogP contribution in [0.1, 0.15) is 17.2 Å². The van der Waals surface area contributed by atoms with Gasteiger partial charge in [0, 0.05) is 14.5 Å². The Bertz CT molecular complexity index is 659. The lowest BCUT2D eigenvalue weighted by molar-refractivity contribution is 0.214. The maximum Gasteiger partial charge on any atom is 0.142 e. The molecule has 0 aliphatic carbocycles. The number of halogens is 3. The van der Waals surface area contributed by atoms with Gasteiger partial charge in [-0.1, -0.05) is 6.07 Å². The highest BCUT2D eigenvalue weighted by molar-refractivity contribution is 9.13. The fourth-order valence-electron chi connectivity index (χ4n) is 2.00. The lowest BCUT2D eigenvalue weighted by atomic mass is 10.0. The maximum atomic E-state index is 10.6. The largest absolute Gasteiger partial charge is 0.495 e. The van der Waals surface area contributed by atoms with Crippen molar-refractivity contribution >= 4 is 47.8 Å². The molecule has 1 unspecified atom stereocenters. The fraction of sp³-hybridized carbons (Fsp3) is 0.200. The standard InChI is InChI=1S/C15H13Br3O3/c1-20-12-6-4-9(15(21-2)13(12)18)14(19)8-3-5-10(16)11(17)7-8/h3-7,14,19H,1-2H3. The first-order chi connectivity index (χ1) is 9.99. The number of methoxy groups -OCH3 is 2. The minimum absolute atomic E-state index is 0.556. The van der Waals surface area contributed by atoms with Gasteiger partial charge >= 0.3 is 0 Å². The zero-order chi connectivity index (χ0) is 15.6. The van der Waals surface area contributed by atoms with Gasteiger partial charge in [0.05, 0.1) is 14.2 Å². The summed E-state index contributed by atoms with van der Waals surface area (Å²) in [6, 6.07) is 9.19. The molecule has 0 aliphatic rings. The smallest absolute Gasteiger partial charge is 0.142 e. The third kappa shape index (κ3) is 3.44. The molecular formula is C15H13Br3O3. The molecule has 1 atom stereocenters. The molecule has 1 N–H and O–H groups in total. The van der Waals surface area contributed by atoms with Crippen molar-refractivity contribution in [2.24, 2.45) is 0 Å². The van der Waals surface area contributed by atoms with Gasteiger partial charge in [0.2, 0.25) is 0 Å². The maximum absolute atomic E-state index is 10.6. The van der Waals surface area contributed by atoms with E-state index in [4.69, 9.17) is 9.47 Å². The third-order valence-corrected chi connectivity index (χ3v) is 5.70. The third-order valence-electron chi connectivity index (χ3n) is 3.07. The van der Waals surface area contributed by atoms with Crippen LogP contribution >= 0.6 is 47.8 Å². The molecule has 0 aromatic heterocycles. The Labute approximate surface area is 148 Å². The normalized spacial score (nSPS) is 12.1. The van der Waals surface area contributed by atoms with Gasteiger partial charge in [-0.05, 0) is 77.6 Å². The molecule has 2 rings (SSSR count). The number of hydrogen-bond donors (Lipinski definition) is 1. The van der Waals surface area contributed by atoms with E-state index in [1.54, 1.807) is 26.4 Å². The van der Waals surface area contributed by atoms with Crippen molar-refractivity contribution in [3.8, 4) is 11.5 Å². The molecule has 6 heteroatoms. The molecule has 0 amide bonds. The molecule has 0 bridgehead atoms.